The molecule has 0 unspecified atom stereocenters. The summed E-state index contributed by atoms with van der Waals surface area (Å²) in [5.74, 6) is 0. The number of rotatable bonds is 0. The molecule has 0 aliphatic carbocycles. The van der Waals surface area contributed by atoms with Crippen molar-refractivity contribution in [1.29, 1.82) is 0 Å². The van der Waals surface area contributed by atoms with Crippen molar-refractivity contribution in [2.75, 3.05) is 7.11 Å². The van der Waals surface area contributed by atoms with E-state index in [0.29, 0.717) is 0 Å². The second-order valence-corrected chi connectivity index (χ2v) is 10.2. The van der Waals surface area contributed by atoms with Crippen LogP contribution in [0.15, 0.2) is 127 Å². The maximum atomic E-state index is 7.00. The first-order valence-corrected chi connectivity index (χ1v) is 14.1. The van der Waals surface area contributed by atoms with Gasteiger partial charge in [-0.2, -0.15) is 0 Å². The van der Waals surface area contributed by atoms with Gasteiger partial charge in [-0.25, -0.2) is 0 Å². The van der Waals surface area contributed by atoms with E-state index in [1.807, 2.05) is 18.2 Å². The Labute approximate surface area is 259 Å². The highest BCUT2D eigenvalue weighted by Crippen LogP contribution is 2.03. The lowest BCUT2D eigenvalue weighted by atomic mass is 10.1. The Kier molecular flexibility index (Phi) is 23.8. The zero-order chi connectivity index (χ0) is 31.0. The lowest BCUT2D eigenvalue weighted by Gasteiger charge is -1.93. The summed E-state index contributed by atoms with van der Waals surface area (Å²) in [6.07, 6.45) is 0. The third-order valence-corrected chi connectivity index (χ3v) is 5.98. The standard InChI is InChI=1S/4C8H10.C7H8.CH4O.CH4/c2*1-7-3-5-8(2)6-4-7;1-7-4-3-5-8(2)6-7;1-7-5-3-4-6-8(7)2;1-7-5-3-2-4-6-7;1-2;/h4*3-6H,1-2H3;2-6H,1H3;2H,1H3;1H4. The minimum absolute atomic E-state index is 0. The minimum Gasteiger partial charge on any atom is -0.400 e. The Morgan fingerprint density at radius 1 is 0.286 bits per heavy atom. The van der Waals surface area contributed by atoms with Crippen LogP contribution in [0.1, 0.15) is 57.5 Å². The molecule has 226 valence electrons. The molecule has 0 radical (unpaired) electrons. The number of aliphatic hydroxyl groups excluding tert-OH is 1. The van der Waals surface area contributed by atoms with E-state index in [1.165, 1.54) is 50.1 Å². The van der Waals surface area contributed by atoms with Gasteiger partial charge in [0.2, 0.25) is 0 Å². The van der Waals surface area contributed by atoms with E-state index in [4.69, 9.17) is 5.11 Å². The summed E-state index contributed by atoms with van der Waals surface area (Å²) in [5, 5.41) is 7.00. The second-order valence-electron chi connectivity index (χ2n) is 10.2. The number of aliphatic hydroxyl groups is 1. The van der Waals surface area contributed by atoms with Gasteiger partial charge in [0.25, 0.3) is 0 Å². The smallest absolute Gasteiger partial charge is 0.0319 e. The van der Waals surface area contributed by atoms with Crippen LogP contribution >= 0.6 is 0 Å². The van der Waals surface area contributed by atoms with Crippen molar-refractivity contribution in [1.82, 2.24) is 0 Å². The van der Waals surface area contributed by atoms with Crippen molar-refractivity contribution in [3.63, 3.8) is 0 Å². The molecule has 0 bridgehead atoms. The highest BCUT2D eigenvalue weighted by atomic mass is 16.2. The molecule has 0 amide bonds. The SMILES string of the molecule is C.CO.Cc1ccc(C)cc1.Cc1ccc(C)cc1.Cc1cccc(C)c1.Cc1ccccc1.Cc1ccccc1C. The maximum absolute atomic E-state index is 7.00. The predicted molar refractivity (Wildman–Crippen MR) is 190 cm³/mol. The minimum atomic E-state index is 0. The average Bonchev–Trinajstić information content (AvgIpc) is 2.96. The van der Waals surface area contributed by atoms with Gasteiger partial charge in [-0.3, -0.25) is 0 Å². The molecule has 0 saturated heterocycles. The van der Waals surface area contributed by atoms with Crippen molar-refractivity contribution >= 4 is 0 Å². The molecule has 0 spiro atoms. The monoisotopic (exact) mass is 564 g/mol. The molecular weight excluding hydrogens is 508 g/mol. The Morgan fingerprint density at radius 3 is 0.714 bits per heavy atom. The lowest BCUT2D eigenvalue weighted by molar-refractivity contribution is 0.399. The summed E-state index contributed by atoms with van der Waals surface area (Å²) >= 11 is 0. The highest BCUT2D eigenvalue weighted by molar-refractivity contribution is 5.23. The van der Waals surface area contributed by atoms with E-state index in [-0.39, 0.29) is 7.43 Å². The summed E-state index contributed by atoms with van der Waals surface area (Å²) in [6.45, 7) is 18.9. The van der Waals surface area contributed by atoms with Crippen LogP contribution in [0.4, 0.5) is 0 Å². The fourth-order valence-corrected chi connectivity index (χ4v) is 3.28. The van der Waals surface area contributed by atoms with Crippen molar-refractivity contribution in [3.05, 3.63) is 177 Å². The highest BCUT2D eigenvalue weighted by Gasteiger charge is 1.84. The van der Waals surface area contributed by atoms with Crippen molar-refractivity contribution in [3.8, 4) is 0 Å². The number of benzene rings is 5. The summed E-state index contributed by atoms with van der Waals surface area (Å²) in [5.41, 5.74) is 12.1. The topological polar surface area (TPSA) is 20.2 Å². The van der Waals surface area contributed by atoms with Crippen LogP contribution in [-0.4, -0.2) is 12.2 Å². The van der Waals surface area contributed by atoms with Crippen molar-refractivity contribution < 1.29 is 5.11 Å². The van der Waals surface area contributed by atoms with Crippen molar-refractivity contribution in [2.24, 2.45) is 0 Å². The summed E-state index contributed by atoms with van der Waals surface area (Å²) < 4.78 is 0. The van der Waals surface area contributed by atoms with Crippen LogP contribution in [0, 0.1) is 62.3 Å². The van der Waals surface area contributed by atoms with E-state index in [2.05, 4.69) is 172 Å². The average molecular weight is 565 g/mol. The van der Waals surface area contributed by atoms with Gasteiger partial charge in [-0.15, -0.1) is 0 Å². The Hall–Kier alpha value is -3.94. The van der Waals surface area contributed by atoms with Gasteiger partial charge >= 0.3 is 0 Å². The fourth-order valence-electron chi connectivity index (χ4n) is 3.28. The van der Waals surface area contributed by atoms with Gasteiger partial charge in [0.05, 0.1) is 0 Å². The molecule has 0 heterocycles. The first-order valence-electron chi connectivity index (χ1n) is 14.1. The van der Waals surface area contributed by atoms with Gasteiger partial charge < -0.3 is 5.11 Å². The second kappa shape index (κ2) is 24.8. The number of hydrogen-bond donors (Lipinski definition) is 1. The third kappa shape index (κ3) is 21.8. The van der Waals surface area contributed by atoms with Gasteiger partial charge in [-0.1, -0.05) is 174 Å². The molecule has 5 aromatic carbocycles. The van der Waals surface area contributed by atoms with E-state index in [1.54, 1.807) is 0 Å². The molecule has 5 rings (SSSR count). The molecule has 0 saturated carbocycles. The lowest BCUT2D eigenvalue weighted by Crippen LogP contribution is -1.74. The molecule has 0 aliphatic rings. The number of aryl methyl sites for hydroxylation is 9. The van der Waals surface area contributed by atoms with Crippen LogP contribution < -0.4 is 0 Å². The van der Waals surface area contributed by atoms with Crippen LogP contribution in [0.5, 0.6) is 0 Å². The summed E-state index contributed by atoms with van der Waals surface area (Å²) in [4.78, 5) is 0. The molecule has 5 aromatic rings. The van der Waals surface area contributed by atoms with Crippen molar-refractivity contribution in [2.45, 2.75) is 69.7 Å². The van der Waals surface area contributed by atoms with E-state index >= 15 is 0 Å². The maximum Gasteiger partial charge on any atom is 0.0319 e. The van der Waals surface area contributed by atoms with E-state index in [0.717, 1.165) is 7.11 Å². The van der Waals surface area contributed by atoms with Crippen LogP contribution in [-0.2, 0) is 0 Å². The normalized spacial score (nSPS) is 8.64. The van der Waals surface area contributed by atoms with E-state index < -0.39 is 0 Å². The molecule has 0 aliphatic heterocycles. The van der Waals surface area contributed by atoms with Crippen LogP contribution in [0.25, 0.3) is 0 Å². The Bertz CT molecular complexity index is 1180. The Balaban J connectivity index is 0. The van der Waals surface area contributed by atoms with Gasteiger partial charge in [0.15, 0.2) is 0 Å². The zero-order valence-corrected chi connectivity index (χ0v) is 27.1. The van der Waals surface area contributed by atoms with Gasteiger partial charge in [0, 0.05) is 7.11 Å². The molecule has 42 heavy (non-hydrogen) atoms. The fraction of sp³-hybridized carbons (Fsp3) is 0.268. The van der Waals surface area contributed by atoms with Crippen LogP contribution in [0.2, 0.25) is 0 Å². The quantitative estimate of drug-likeness (QED) is 0.198. The largest absolute Gasteiger partial charge is 0.400 e. The first kappa shape index (κ1) is 40.2. The molecular formula is C41H56O. The van der Waals surface area contributed by atoms with Crippen LogP contribution in [0.3, 0.4) is 0 Å². The summed E-state index contributed by atoms with van der Waals surface area (Å²) in [6, 6.07) is 44.0. The molecule has 1 nitrogen and oxygen atoms in total. The molecule has 0 aromatic heterocycles. The molecule has 1 heteroatoms. The molecule has 0 atom stereocenters. The third-order valence-electron chi connectivity index (χ3n) is 5.98. The first-order chi connectivity index (χ1) is 19.6. The molecule has 0 fully saturated rings. The van der Waals surface area contributed by atoms with Gasteiger partial charge in [0.1, 0.15) is 0 Å². The summed E-state index contributed by atoms with van der Waals surface area (Å²) in [7, 11) is 1.00. The van der Waals surface area contributed by atoms with Gasteiger partial charge in [-0.05, 0) is 73.4 Å². The zero-order valence-electron chi connectivity index (χ0n) is 27.1. The predicted octanol–water partition coefficient (Wildman–Crippen LogP) is 11.5. The Morgan fingerprint density at radius 2 is 0.524 bits per heavy atom. The molecule has 1 N–H and O–H groups in total. The van der Waals surface area contributed by atoms with E-state index in [9.17, 15) is 0 Å². The number of hydrogen-bond acceptors (Lipinski definition) is 1.